The minimum absolute atomic E-state index is 0.170. The van der Waals surface area contributed by atoms with Gasteiger partial charge in [-0.2, -0.15) is 0 Å². The lowest BCUT2D eigenvalue weighted by atomic mass is 9.97. The zero-order valence-electron chi connectivity index (χ0n) is 13.6. The van der Waals surface area contributed by atoms with Crippen LogP contribution in [0.15, 0.2) is 18.5 Å². The molecule has 1 aromatic carbocycles. The summed E-state index contributed by atoms with van der Waals surface area (Å²) < 4.78 is 2.21. The summed E-state index contributed by atoms with van der Waals surface area (Å²) in [5.74, 6) is 0. The normalized spacial score (nSPS) is 14.5. The van der Waals surface area contributed by atoms with Crippen LogP contribution in [0.1, 0.15) is 37.8 Å². The van der Waals surface area contributed by atoms with Gasteiger partial charge in [0.15, 0.2) is 0 Å². The van der Waals surface area contributed by atoms with Crippen molar-refractivity contribution >= 4 is 11.0 Å². The minimum atomic E-state index is -0.183. The Morgan fingerprint density at radius 2 is 2.00 bits per heavy atom. The topological polar surface area (TPSA) is 50.1 Å². The Kier molecular flexibility index (Phi) is 5.01. The number of hydrogen-bond donors (Lipinski definition) is 2. The first-order valence-electron chi connectivity index (χ1n) is 7.77. The third-order valence-corrected chi connectivity index (χ3v) is 4.32. The Labute approximate surface area is 127 Å². The van der Waals surface area contributed by atoms with E-state index in [1.165, 1.54) is 16.6 Å². The molecule has 4 nitrogen and oxygen atoms in total. The fourth-order valence-electron chi connectivity index (χ4n) is 2.78. The molecule has 116 valence electrons. The summed E-state index contributed by atoms with van der Waals surface area (Å²) in [6.45, 7) is 10.4. The highest BCUT2D eigenvalue weighted by Gasteiger charge is 2.21. The van der Waals surface area contributed by atoms with E-state index in [1.807, 2.05) is 6.33 Å². The van der Waals surface area contributed by atoms with Gasteiger partial charge in [0, 0.05) is 12.1 Å². The molecule has 4 heteroatoms. The van der Waals surface area contributed by atoms with Gasteiger partial charge >= 0.3 is 0 Å². The van der Waals surface area contributed by atoms with Crippen molar-refractivity contribution < 1.29 is 5.11 Å². The molecule has 1 aromatic heterocycles. The first kappa shape index (κ1) is 16.0. The Bertz CT molecular complexity index is 605. The number of hydrogen-bond acceptors (Lipinski definition) is 3. The van der Waals surface area contributed by atoms with E-state index in [4.69, 9.17) is 0 Å². The van der Waals surface area contributed by atoms with E-state index in [1.54, 1.807) is 0 Å². The van der Waals surface area contributed by atoms with E-state index in [-0.39, 0.29) is 12.1 Å². The average molecular weight is 289 g/mol. The first-order chi connectivity index (χ1) is 9.99. The molecule has 0 spiro atoms. The SMILES string of the molecule is CCNC(C)(CO)CCCn1cnc2cc(C)c(C)cc21. The smallest absolute Gasteiger partial charge is 0.0958 e. The van der Waals surface area contributed by atoms with Gasteiger partial charge in [-0.3, -0.25) is 0 Å². The van der Waals surface area contributed by atoms with Crippen molar-refractivity contribution in [3.8, 4) is 0 Å². The summed E-state index contributed by atoms with van der Waals surface area (Å²) in [6, 6.07) is 4.37. The molecule has 0 aliphatic heterocycles. The van der Waals surface area contributed by atoms with Crippen LogP contribution >= 0.6 is 0 Å². The Morgan fingerprint density at radius 3 is 2.67 bits per heavy atom. The van der Waals surface area contributed by atoms with Crippen molar-refractivity contribution in [2.45, 2.75) is 52.6 Å². The second kappa shape index (κ2) is 6.58. The molecule has 0 amide bonds. The summed E-state index contributed by atoms with van der Waals surface area (Å²) in [6.07, 6.45) is 3.89. The van der Waals surface area contributed by atoms with Crippen LogP contribution < -0.4 is 5.32 Å². The van der Waals surface area contributed by atoms with E-state index in [0.29, 0.717) is 0 Å². The Balaban J connectivity index is 2.05. The molecule has 1 atom stereocenters. The lowest BCUT2D eigenvalue weighted by molar-refractivity contribution is 0.164. The summed E-state index contributed by atoms with van der Waals surface area (Å²) >= 11 is 0. The maximum absolute atomic E-state index is 9.53. The monoisotopic (exact) mass is 289 g/mol. The molecule has 0 aliphatic carbocycles. The van der Waals surface area contributed by atoms with Crippen molar-refractivity contribution in [1.82, 2.24) is 14.9 Å². The summed E-state index contributed by atoms with van der Waals surface area (Å²) in [7, 11) is 0. The maximum atomic E-state index is 9.53. The molecule has 2 aromatic rings. The molecular formula is C17H27N3O. The zero-order valence-corrected chi connectivity index (χ0v) is 13.6. The zero-order chi connectivity index (χ0) is 15.5. The van der Waals surface area contributed by atoms with Crippen molar-refractivity contribution in [2.75, 3.05) is 13.2 Å². The third-order valence-electron chi connectivity index (χ3n) is 4.32. The van der Waals surface area contributed by atoms with Gasteiger partial charge in [-0.05, 0) is 63.4 Å². The quantitative estimate of drug-likeness (QED) is 0.824. The summed E-state index contributed by atoms with van der Waals surface area (Å²) in [4.78, 5) is 4.49. The van der Waals surface area contributed by atoms with Crippen molar-refractivity contribution in [3.05, 3.63) is 29.6 Å². The highest BCUT2D eigenvalue weighted by atomic mass is 16.3. The minimum Gasteiger partial charge on any atom is -0.394 e. The van der Waals surface area contributed by atoms with Crippen LogP contribution in [0.25, 0.3) is 11.0 Å². The number of aliphatic hydroxyl groups excluding tert-OH is 1. The van der Waals surface area contributed by atoms with Gasteiger partial charge in [0.1, 0.15) is 0 Å². The number of aliphatic hydroxyl groups is 1. The number of fused-ring (bicyclic) bond motifs is 1. The molecule has 0 saturated heterocycles. The van der Waals surface area contributed by atoms with Crippen LogP contribution in [0.5, 0.6) is 0 Å². The van der Waals surface area contributed by atoms with Gasteiger partial charge < -0.3 is 15.0 Å². The van der Waals surface area contributed by atoms with Crippen LogP contribution in [0.2, 0.25) is 0 Å². The predicted molar refractivity (Wildman–Crippen MR) is 87.6 cm³/mol. The Hall–Kier alpha value is -1.39. The van der Waals surface area contributed by atoms with Gasteiger partial charge in [0.25, 0.3) is 0 Å². The van der Waals surface area contributed by atoms with E-state index < -0.39 is 0 Å². The fraction of sp³-hybridized carbons (Fsp3) is 0.588. The van der Waals surface area contributed by atoms with E-state index in [2.05, 4.69) is 54.7 Å². The maximum Gasteiger partial charge on any atom is 0.0958 e. The molecule has 2 N–H and O–H groups in total. The van der Waals surface area contributed by atoms with Crippen LogP contribution in [0.3, 0.4) is 0 Å². The lowest BCUT2D eigenvalue weighted by Gasteiger charge is -2.28. The molecule has 1 heterocycles. The molecule has 0 fully saturated rings. The van der Waals surface area contributed by atoms with Gasteiger partial charge in [0.2, 0.25) is 0 Å². The van der Waals surface area contributed by atoms with E-state index >= 15 is 0 Å². The number of aryl methyl sites for hydroxylation is 3. The summed E-state index contributed by atoms with van der Waals surface area (Å²) in [5.41, 5.74) is 4.67. The van der Waals surface area contributed by atoms with Gasteiger partial charge in [-0.1, -0.05) is 6.92 Å². The average Bonchev–Trinajstić information content (AvgIpc) is 2.82. The lowest BCUT2D eigenvalue weighted by Crippen LogP contribution is -2.45. The number of aromatic nitrogens is 2. The molecule has 0 aliphatic rings. The highest BCUT2D eigenvalue weighted by molar-refractivity contribution is 5.77. The number of rotatable bonds is 7. The van der Waals surface area contributed by atoms with E-state index in [9.17, 15) is 5.11 Å². The van der Waals surface area contributed by atoms with Crippen LogP contribution in [-0.4, -0.2) is 33.3 Å². The summed E-state index contributed by atoms with van der Waals surface area (Å²) in [5, 5.41) is 12.9. The predicted octanol–water partition coefficient (Wildman–Crippen LogP) is 2.79. The van der Waals surface area contributed by atoms with Crippen molar-refractivity contribution in [3.63, 3.8) is 0 Å². The number of nitrogens with zero attached hydrogens (tertiary/aromatic N) is 2. The number of benzene rings is 1. The first-order valence-corrected chi connectivity index (χ1v) is 7.77. The second-order valence-electron chi connectivity index (χ2n) is 6.22. The standard InChI is InChI=1S/C17H27N3O/c1-5-19-17(4,11-21)7-6-8-20-12-18-15-9-13(2)14(3)10-16(15)20/h9-10,12,19,21H,5-8,11H2,1-4H3. The van der Waals surface area contributed by atoms with Crippen molar-refractivity contribution in [2.24, 2.45) is 0 Å². The molecule has 0 radical (unpaired) electrons. The largest absolute Gasteiger partial charge is 0.394 e. The molecule has 2 rings (SSSR count). The van der Waals surface area contributed by atoms with Crippen LogP contribution in [0, 0.1) is 13.8 Å². The van der Waals surface area contributed by atoms with Crippen LogP contribution in [-0.2, 0) is 6.54 Å². The van der Waals surface area contributed by atoms with Crippen LogP contribution in [0.4, 0.5) is 0 Å². The molecule has 0 saturated carbocycles. The fourth-order valence-corrected chi connectivity index (χ4v) is 2.78. The number of likely N-dealkylation sites (N-methyl/N-ethyl adjacent to an activating group) is 1. The second-order valence-corrected chi connectivity index (χ2v) is 6.22. The highest BCUT2D eigenvalue weighted by Crippen LogP contribution is 2.20. The van der Waals surface area contributed by atoms with Gasteiger partial charge in [-0.15, -0.1) is 0 Å². The third kappa shape index (κ3) is 3.63. The molecule has 0 bridgehead atoms. The number of nitrogens with one attached hydrogen (secondary N) is 1. The van der Waals surface area contributed by atoms with Gasteiger partial charge in [-0.25, -0.2) is 4.98 Å². The number of imidazole rings is 1. The molecule has 21 heavy (non-hydrogen) atoms. The van der Waals surface area contributed by atoms with E-state index in [0.717, 1.165) is 31.4 Å². The van der Waals surface area contributed by atoms with Crippen molar-refractivity contribution in [1.29, 1.82) is 0 Å². The van der Waals surface area contributed by atoms with Gasteiger partial charge in [0.05, 0.1) is 24.0 Å². The Morgan fingerprint density at radius 1 is 1.29 bits per heavy atom. The molecule has 1 unspecified atom stereocenters. The molecular weight excluding hydrogens is 262 g/mol.